The topological polar surface area (TPSA) is 24.4 Å². The maximum absolute atomic E-state index is 3.76. The van der Waals surface area contributed by atoms with Gasteiger partial charge < -0.3 is 0 Å². The van der Waals surface area contributed by atoms with Gasteiger partial charge in [0.1, 0.15) is 0 Å². The highest BCUT2D eigenvalue weighted by Crippen LogP contribution is 2.03. The summed E-state index contributed by atoms with van der Waals surface area (Å²) in [7, 11) is 0. The van der Waals surface area contributed by atoms with Crippen LogP contribution in [0.1, 0.15) is 6.92 Å². The third-order valence-electron chi connectivity index (χ3n) is 1.07. The molecule has 0 aromatic rings. The van der Waals surface area contributed by atoms with Gasteiger partial charge in [-0.1, -0.05) is 6.58 Å². The van der Waals surface area contributed by atoms with Crippen molar-refractivity contribution in [2.75, 3.05) is 0 Å². The molecule has 1 N–H and O–H groups in total. The van der Waals surface area contributed by atoms with Crippen LogP contribution >= 0.6 is 0 Å². The van der Waals surface area contributed by atoms with Crippen molar-refractivity contribution >= 4 is 6.21 Å². The van der Waals surface area contributed by atoms with Crippen molar-refractivity contribution in [3.63, 3.8) is 0 Å². The Labute approximate surface area is 48.6 Å². The summed E-state index contributed by atoms with van der Waals surface area (Å²) >= 11 is 0. The van der Waals surface area contributed by atoms with Gasteiger partial charge in [0, 0.05) is 6.21 Å². The fourth-order valence-electron chi connectivity index (χ4n) is 0.453. The summed E-state index contributed by atoms with van der Waals surface area (Å²) in [5.74, 6) is 0. The second-order valence-corrected chi connectivity index (χ2v) is 1.72. The average Bonchev–Trinajstić information content (AvgIpc) is 1.77. The number of hydrogen-bond acceptors (Lipinski definition) is 2. The van der Waals surface area contributed by atoms with E-state index in [-0.39, 0.29) is 0 Å². The van der Waals surface area contributed by atoms with Crippen molar-refractivity contribution < 1.29 is 0 Å². The number of hydrazone groups is 1. The van der Waals surface area contributed by atoms with Crippen molar-refractivity contribution in [1.29, 1.82) is 0 Å². The first-order valence-electron chi connectivity index (χ1n) is 2.46. The molecule has 0 amide bonds. The molecular weight excluding hydrogens is 100 g/mol. The number of nitrogens with zero attached hydrogens (tertiary/aromatic N) is 1. The van der Waals surface area contributed by atoms with Crippen molar-refractivity contribution in [3.8, 4) is 0 Å². The van der Waals surface area contributed by atoms with Gasteiger partial charge in [-0.3, -0.25) is 5.43 Å². The van der Waals surface area contributed by atoms with Gasteiger partial charge in [0.15, 0.2) is 0 Å². The highest BCUT2D eigenvalue weighted by Gasteiger charge is 1.94. The van der Waals surface area contributed by atoms with Crippen molar-refractivity contribution in [2.45, 2.75) is 6.92 Å². The minimum Gasteiger partial charge on any atom is -0.279 e. The highest BCUT2D eigenvalue weighted by molar-refractivity contribution is 5.74. The molecule has 0 aromatic carbocycles. The zero-order chi connectivity index (χ0) is 5.98. The van der Waals surface area contributed by atoms with Crippen LogP contribution in [0.25, 0.3) is 0 Å². The first-order valence-corrected chi connectivity index (χ1v) is 2.46. The van der Waals surface area contributed by atoms with E-state index in [4.69, 9.17) is 0 Å². The molecule has 1 aliphatic rings. The fraction of sp³-hybridized carbons (Fsp3) is 0.167. The van der Waals surface area contributed by atoms with Crippen LogP contribution in [0.2, 0.25) is 0 Å². The van der Waals surface area contributed by atoms with Crippen LogP contribution in [0.4, 0.5) is 0 Å². The Bertz CT molecular complexity index is 165. The number of allylic oxidation sites excluding steroid dienone is 2. The lowest BCUT2D eigenvalue weighted by molar-refractivity contribution is 0.898. The van der Waals surface area contributed by atoms with E-state index in [0.29, 0.717) is 0 Å². The molecule has 1 heterocycles. The van der Waals surface area contributed by atoms with Crippen LogP contribution in [-0.2, 0) is 0 Å². The Balaban J connectivity index is 2.80. The van der Waals surface area contributed by atoms with Gasteiger partial charge in [0.05, 0.1) is 5.70 Å². The molecule has 2 nitrogen and oxygen atoms in total. The predicted molar refractivity (Wildman–Crippen MR) is 34.5 cm³/mol. The van der Waals surface area contributed by atoms with Crippen molar-refractivity contribution in [1.82, 2.24) is 5.43 Å². The van der Waals surface area contributed by atoms with Gasteiger partial charge in [-0.05, 0) is 18.6 Å². The average molecular weight is 108 g/mol. The summed E-state index contributed by atoms with van der Waals surface area (Å²) in [4.78, 5) is 0. The molecule has 2 heteroatoms. The normalized spacial score (nSPS) is 17.6. The summed E-state index contributed by atoms with van der Waals surface area (Å²) < 4.78 is 0. The Hall–Kier alpha value is -1.05. The Morgan fingerprint density at radius 3 is 2.88 bits per heavy atom. The largest absolute Gasteiger partial charge is 0.279 e. The van der Waals surface area contributed by atoms with E-state index in [1.165, 1.54) is 0 Å². The zero-order valence-electron chi connectivity index (χ0n) is 4.81. The summed E-state index contributed by atoms with van der Waals surface area (Å²) in [6.07, 6.45) is 3.63. The molecule has 1 aliphatic heterocycles. The lowest BCUT2D eigenvalue weighted by Crippen LogP contribution is -2.08. The summed E-state index contributed by atoms with van der Waals surface area (Å²) in [6, 6.07) is 0. The zero-order valence-corrected chi connectivity index (χ0v) is 4.81. The molecule has 1 rings (SSSR count). The quantitative estimate of drug-likeness (QED) is 0.492. The first-order chi connectivity index (χ1) is 3.80. The SMILES string of the molecule is C=C1NN=CC=C1C. The molecular formula is C6H8N2. The minimum absolute atomic E-state index is 0.882. The Kier molecular flexibility index (Phi) is 1.16. The smallest absolute Gasteiger partial charge is 0.0519 e. The second-order valence-electron chi connectivity index (χ2n) is 1.72. The third kappa shape index (κ3) is 0.780. The summed E-state index contributed by atoms with van der Waals surface area (Å²) in [6.45, 7) is 5.69. The summed E-state index contributed by atoms with van der Waals surface area (Å²) in [5, 5.41) is 3.76. The monoisotopic (exact) mass is 108 g/mol. The van der Waals surface area contributed by atoms with Crippen molar-refractivity contribution in [3.05, 3.63) is 23.9 Å². The van der Waals surface area contributed by atoms with E-state index in [1.807, 2.05) is 13.0 Å². The molecule has 0 aromatic heterocycles. The maximum atomic E-state index is 3.76. The van der Waals surface area contributed by atoms with E-state index >= 15 is 0 Å². The van der Waals surface area contributed by atoms with Gasteiger partial charge in [-0.25, -0.2) is 0 Å². The molecule has 0 saturated heterocycles. The second kappa shape index (κ2) is 1.82. The minimum atomic E-state index is 0.882. The summed E-state index contributed by atoms with van der Waals surface area (Å²) in [5.41, 5.74) is 4.76. The molecule has 0 spiro atoms. The molecule has 0 fully saturated rings. The molecule has 0 unspecified atom stereocenters. The predicted octanol–water partition coefficient (Wildman–Crippen LogP) is 1.04. The standard InChI is InChI=1S/C6H8N2/c1-5-3-4-7-8-6(5)2/h3-4,8H,2H2,1H3. The molecule has 0 radical (unpaired) electrons. The van der Waals surface area contributed by atoms with Crippen LogP contribution in [0, 0.1) is 0 Å². The van der Waals surface area contributed by atoms with Crippen LogP contribution in [-0.4, -0.2) is 6.21 Å². The van der Waals surface area contributed by atoms with Gasteiger partial charge in [0.2, 0.25) is 0 Å². The van der Waals surface area contributed by atoms with Crippen molar-refractivity contribution in [2.24, 2.45) is 5.10 Å². The number of nitrogens with one attached hydrogen (secondary N) is 1. The van der Waals surface area contributed by atoms with Crippen LogP contribution in [0.5, 0.6) is 0 Å². The molecule has 0 saturated carbocycles. The van der Waals surface area contributed by atoms with Gasteiger partial charge >= 0.3 is 0 Å². The molecule has 42 valence electrons. The molecule has 8 heavy (non-hydrogen) atoms. The lowest BCUT2D eigenvalue weighted by atomic mass is 10.2. The van der Waals surface area contributed by atoms with Gasteiger partial charge in [-0.2, -0.15) is 5.10 Å². The molecule has 0 aliphatic carbocycles. The molecule has 0 atom stereocenters. The third-order valence-corrected chi connectivity index (χ3v) is 1.07. The van der Waals surface area contributed by atoms with E-state index in [0.717, 1.165) is 11.3 Å². The van der Waals surface area contributed by atoms with Gasteiger partial charge in [0.25, 0.3) is 0 Å². The van der Waals surface area contributed by atoms with E-state index in [1.54, 1.807) is 6.21 Å². The highest BCUT2D eigenvalue weighted by atomic mass is 15.3. The van der Waals surface area contributed by atoms with Gasteiger partial charge in [-0.15, -0.1) is 0 Å². The number of hydrogen-bond donors (Lipinski definition) is 1. The van der Waals surface area contributed by atoms with Crippen LogP contribution in [0.3, 0.4) is 0 Å². The van der Waals surface area contributed by atoms with Crippen LogP contribution in [0.15, 0.2) is 29.0 Å². The lowest BCUT2D eigenvalue weighted by Gasteiger charge is -2.06. The Morgan fingerprint density at radius 2 is 2.50 bits per heavy atom. The maximum Gasteiger partial charge on any atom is 0.0519 e. The van der Waals surface area contributed by atoms with E-state index in [9.17, 15) is 0 Å². The van der Waals surface area contributed by atoms with Crippen LogP contribution < -0.4 is 5.43 Å². The van der Waals surface area contributed by atoms with E-state index in [2.05, 4.69) is 17.1 Å². The fourth-order valence-corrected chi connectivity index (χ4v) is 0.453. The number of rotatable bonds is 0. The Morgan fingerprint density at radius 1 is 1.75 bits per heavy atom. The first kappa shape index (κ1) is 5.09. The molecule has 0 bridgehead atoms. The van der Waals surface area contributed by atoms with E-state index < -0.39 is 0 Å².